The molecule has 0 saturated heterocycles. The standard InChI is InChI=1S/C19H22O8/c1-10-8-13(20)16(22)17(27-10)12(9-15(21)24-3)11-6-7-14(23-2)19(26-5)18(11)25-4/h6-8,12,22H,9H2,1-5H3/t12-/m0/s1. The van der Waals surface area contributed by atoms with Gasteiger partial charge >= 0.3 is 5.97 Å². The fraction of sp³-hybridized carbons (Fsp3) is 0.368. The average molecular weight is 378 g/mol. The van der Waals surface area contributed by atoms with Gasteiger partial charge in [-0.05, 0) is 13.0 Å². The zero-order valence-corrected chi connectivity index (χ0v) is 15.8. The highest BCUT2D eigenvalue weighted by Gasteiger charge is 2.31. The van der Waals surface area contributed by atoms with Crippen LogP contribution in [0.3, 0.4) is 0 Å². The normalized spacial score (nSPS) is 11.6. The lowest BCUT2D eigenvalue weighted by atomic mass is 9.91. The number of hydrogen-bond donors (Lipinski definition) is 1. The maximum atomic E-state index is 12.0. The Bertz CT molecular complexity index is 884. The molecule has 1 atom stereocenters. The van der Waals surface area contributed by atoms with Gasteiger partial charge in [0.1, 0.15) is 5.76 Å². The van der Waals surface area contributed by atoms with Gasteiger partial charge in [-0.15, -0.1) is 0 Å². The second-order valence-electron chi connectivity index (χ2n) is 5.69. The lowest BCUT2D eigenvalue weighted by Gasteiger charge is -2.22. The summed E-state index contributed by atoms with van der Waals surface area (Å²) in [4.78, 5) is 24.0. The summed E-state index contributed by atoms with van der Waals surface area (Å²) >= 11 is 0. The van der Waals surface area contributed by atoms with Crippen molar-refractivity contribution in [2.45, 2.75) is 19.3 Å². The summed E-state index contributed by atoms with van der Waals surface area (Å²) in [6.07, 6.45) is -0.192. The summed E-state index contributed by atoms with van der Waals surface area (Å²) in [6, 6.07) is 4.45. The Morgan fingerprint density at radius 2 is 1.78 bits per heavy atom. The molecule has 0 aliphatic carbocycles. The van der Waals surface area contributed by atoms with E-state index in [0.717, 1.165) is 0 Å². The Morgan fingerprint density at radius 1 is 1.11 bits per heavy atom. The first-order chi connectivity index (χ1) is 12.9. The molecule has 0 spiro atoms. The van der Waals surface area contributed by atoms with E-state index in [1.54, 1.807) is 19.1 Å². The molecule has 2 rings (SSSR count). The van der Waals surface area contributed by atoms with Crippen molar-refractivity contribution in [3.05, 3.63) is 45.5 Å². The summed E-state index contributed by atoms with van der Waals surface area (Å²) in [5, 5.41) is 10.3. The average Bonchev–Trinajstić information content (AvgIpc) is 2.67. The second-order valence-corrected chi connectivity index (χ2v) is 5.69. The SMILES string of the molecule is COC(=O)C[C@@H](c1ccc(OC)c(OC)c1OC)c1oc(C)cc(=O)c1O. The van der Waals surface area contributed by atoms with Crippen LogP contribution in [0.2, 0.25) is 0 Å². The van der Waals surface area contributed by atoms with Gasteiger partial charge in [0.2, 0.25) is 16.9 Å². The first kappa shape index (κ1) is 20.2. The first-order valence-corrected chi connectivity index (χ1v) is 8.07. The van der Waals surface area contributed by atoms with E-state index in [1.807, 2.05) is 0 Å². The van der Waals surface area contributed by atoms with Crippen LogP contribution in [0.5, 0.6) is 23.0 Å². The van der Waals surface area contributed by atoms with Crippen molar-refractivity contribution in [2.24, 2.45) is 0 Å². The van der Waals surface area contributed by atoms with Crippen LogP contribution in [0.25, 0.3) is 0 Å². The summed E-state index contributed by atoms with van der Waals surface area (Å²) < 4.78 is 26.5. The van der Waals surface area contributed by atoms with Crippen molar-refractivity contribution in [1.82, 2.24) is 0 Å². The Hall–Kier alpha value is -3.16. The number of aromatic hydroxyl groups is 1. The van der Waals surface area contributed by atoms with E-state index in [1.165, 1.54) is 34.5 Å². The minimum atomic E-state index is -0.847. The van der Waals surface area contributed by atoms with E-state index in [9.17, 15) is 14.7 Å². The van der Waals surface area contributed by atoms with Crippen LogP contribution in [0.15, 0.2) is 27.4 Å². The summed E-state index contributed by atoms with van der Waals surface area (Å²) in [5.74, 6) is -0.731. The molecule has 8 nitrogen and oxygen atoms in total. The van der Waals surface area contributed by atoms with Gasteiger partial charge in [0.25, 0.3) is 0 Å². The zero-order chi connectivity index (χ0) is 20.1. The topological polar surface area (TPSA) is 104 Å². The van der Waals surface area contributed by atoms with Crippen LogP contribution >= 0.6 is 0 Å². The summed E-state index contributed by atoms with van der Waals surface area (Å²) in [6.45, 7) is 1.57. The van der Waals surface area contributed by atoms with Gasteiger partial charge in [-0.25, -0.2) is 0 Å². The van der Waals surface area contributed by atoms with Crippen molar-refractivity contribution < 1.29 is 33.3 Å². The lowest BCUT2D eigenvalue weighted by molar-refractivity contribution is -0.140. The number of esters is 1. The highest BCUT2D eigenvalue weighted by atomic mass is 16.5. The van der Waals surface area contributed by atoms with Crippen molar-refractivity contribution in [3.63, 3.8) is 0 Å². The van der Waals surface area contributed by atoms with Gasteiger partial charge in [-0.2, -0.15) is 0 Å². The number of rotatable bonds is 7. The van der Waals surface area contributed by atoms with Gasteiger partial charge in [-0.3, -0.25) is 9.59 Å². The third-order valence-electron chi connectivity index (χ3n) is 4.10. The van der Waals surface area contributed by atoms with Crippen molar-refractivity contribution >= 4 is 5.97 Å². The van der Waals surface area contributed by atoms with Gasteiger partial charge in [0.15, 0.2) is 17.3 Å². The predicted octanol–water partition coefficient (Wildman–Crippen LogP) is 2.37. The number of aryl methyl sites for hydroxylation is 1. The molecule has 0 aliphatic heterocycles. The minimum absolute atomic E-state index is 0.0593. The Balaban J connectivity index is 2.77. The fourth-order valence-corrected chi connectivity index (χ4v) is 2.85. The molecule has 2 aromatic rings. The smallest absolute Gasteiger partial charge is 0.306 e. The molecule has 1 aromatic carbocycles. The number of benzene rings is 1. The molecule has 146 valence electrons. The number of methoxy groups -OCH3 is 4. The third kappa shape index (κ3) is 3.99. The van der Waals surface area contributed by atoms with Gasteiger partial charge in [-0.1, -0.05) is 6.07 Å². The molecular weight excluding hydrogens is 356 g/mol. The molecule has 0 unspecified atom stereocenters. The van der Waals surface area contributed by atoms with Gasteiger partial charge in [0, 0.05) is 11.6 Å². The van der Waals surface area contributed by atoms with Crippen molar-refractivity contribution in [1.29, 1.82) is 0 Å². The molecule has 0 fully saturated rings. The van der Waals surface area contributed by atoms with Crippen LogP contribution in [0, 0.1) is 6.92 Å². The zero-order valence-electron chi connectivity index (χ0n) is 15.8. The van der Waals surface area contributed by atoms with Crippen LogP contribution < -0.4 is 19.6 Å². The van der Waals surface area contributed by atoms with E-state index in [-0.39, 0.29) is 17.9 Å². The third-order valence-corrected chi connectivity index (χ3v) is 4.10. The molecule has 0 saturated carbocycles. The molecule has 0 amide bonds. The van der Waals surface area contributed by atoms with E-state index < -0.39 is 23.1 Å². The molecule has 0 bridgehead atoms. The maximum Gasteiger partial charge on any atom is 0.306 e. The molecule has 27 heavy (non-hydrogen) atoms. The summed E-state index contributed by atoms with van der Waals surface area (Å²) in [7, 11) is 5.61. The molecule has 1 heterocycles. The Morgan fingerprint density at radius 3 is 2.33 bits per heavy atom. The molecule has 1 N–H and O–H groups in total. The number of ether oxygens (including phenoxy) is 4. The second kappa shape index (κ2) is 8.48. The summed E-state index contributed by atoms with van der Waals surface area (Å²) in [5.41, 5.74) is -0.146. The maximum absolute atomic E-state index is 12.0. The Labute approximate surface area is 156 Å². The van der Waals surface area contributed by atoms with Crippen molar-refractivity contribution in [3.8, 4) is 23.0 Å². The molecular formula is C19H22O8. The fourth-order valence-electron chi connectivity index (χ4n) is 2.85. The number of hydrogen-bond acceptors (Lipinski definition) is 8. The van der Waals surface area contributed by atoms with E-state index in [0.29, 0.717) is 22.8 Å². The first-order valence-electron chi connectivity index (χ1n) is 8.07. The largest absolute Gasteiger partial charge is 0.502 e. The van der Waals surface area contributed by atoms with Crippen LogP contribution in [-0.4, -0.2) is 39.5 Å². The van der Waals surface area contributed by atoms with E-state index >= 15 is 0 Å². The van der Waals surface area contributed by atoms with Crippen LogP contribution in [-0.2, 0) is 9.53 Å². The molecule has 0 radical (unpaired) electrons. The quantitative estimate of drug-likeness (QED) is 0.732. The van der Waals surface area contributed by atoms with Crippen LogP contribution in [0.1, 0.15) is 29.4 Å². The van der Waals surface area contributed by atoms with Gasteiger partial charge in [0.05, 0.1) is 40.8 Å². The minimum Gasteiger partial charge on any atom is -0.502 e. The molecule has 0 aliphatic rings. The monoisotopic (exact) mass is 378 g/mol. The Kier molecular flexibility index (Phi) is 6.33. The van der Waals surface area contributed by atoms with Crippen LogP contribution in [0.4, 0.5) is 0 Å². The predicted molar refractivity (Wildman–Crippen MR) is 96.0 cm³/mol. The molecule has 1 aromatic heterocycles. The number of carbonyl (C=O) groups is 1. The van der Waals surface area contributed by atoms with E-state index in [4.69, 9.17) is 23.4 Å². The van der Waals surface area contributed by atoms with Crippen molar-refractivity contribution in [2.75, 3.05) is 28.4 Å². The highest BCUT2D eigenvalue weighted by Crippen LogP contribution is 2.46. The number of carbonyl (C=O) groups excluding carboxylic acids is 1. The molecule has 8 heteroatoms. The highest BCUT2D eigenvalue weighted by molar-refractivity contribution is 5.72. The van der Waals surface area contributed by atoms with E-state index in [2.05, 4.69) is 0 Å². The van der Waals surface area contributed by atoms with Gasteiger partial charge < -0.3 is 28.5 Å². The lowest BCUT2D eigenvalue weighted by Crippen LogP contribution is -2.14.